The molecule has 0 aromatic heterocycles. The van der Waals surface area contributed by atoms with E-state index in [1.807, 2.05) is 12.1 Å². The van der Waals surface area contributed by atoms with Crippen LogP contribution in [-0.2, 0) is 20.1 Å². The molecule has 8 heteroatoms. The number of nitrogens with zero attached hydrogens (tertiary/aromatic N) is 1. The average Bonchev–Trinajstić information content (AvgIpc) is 3.05. The summed E-state index contributed by atoms with van der Waals surface area (Å²) in [4.78, 5) is 16.0. The van der Waals surface area contributed by atoms with Gasteiger partial charge in [-0.3, -0.25) is 4.79 Å². The van der Waals surface area contributed by atoms with Gasteiger partial charge in [0.2, 0.25) is 5.91 Å². The first-order valence-electron chi connectivity index (χ1n) is 14.9. The maximum absolute atomic E-state index is 13.8. The molecule has 2 N–H and O–H groups in total. The van der Waals surface area contributed by atoms with Crippen molar-refractivity contribution < 1.29 is 18.4 Å². The molecule has 2 aliphatic heterocycles. The summed E-state index contributed by atoms with van der Waals surface area (Å²) in [7, 11) is -2.48. The number of piperidine rings is 1. The Morgan fingerprint density at radius 3 is 2.05 bits per heavy atom. The molecule has 1 aromatic carbocycles. The van der Waals surface area contributed by atoms with Gasteiger partial charge in [-0.2, -0.15) is 0 Å². The molecule has 1 aliphatic carbocycles. The molecule has 2 bridgehead atoms. The van der Waals surface area contributed by atoms with Crippen molar-refractivity contribution in [3.63, 3.8) is 0 Å². The van der Waals surface area contributed by atoms with Crippen LogP contribution in [0.3, 0.4) is 0 Å². The van der Waals surface area contributed by atoms with E-state index in [4.69, 9.17) is 19.3 Å². The fourth-order valence-corrected chi connectivity index (χ4v) is 9.35. The predicted octanol–water partition coefficient (Wildman–Crippen LogP) is 6.50. The molecule has 3 aliphatic rings. The second-order valence-electron chi connectivity index (χ2n) is 15.5. The van der Waals surface area contributed by atoms with Gasteiger partial charge in [0.05, 0.1) is 31.4 Å². The van der Waals surface area contributed by atoms with Gasteiger partial charge in [-0.15, -0.1) is 0 Å². The molecule has 2 saturated heterocycles. The molecular weight excluding hydrogens is 521 g/mol. The molecule has 3 fully saturated rings. The third-order valence-electron chi connectivity index (χ3n) is 10.9. The van der Waals surface area contributed by atoms with Gasteiger partial charge < -0.3 is 24.2 Å². The fourth-order valence-electron chi connectivity index (χ4n) is 6.58. The summed E-state index contributed by atoms with van der Waals surface area (Å²) in [5, 5.41) is 0.189. The van der Waals surface area contributed by atoms with E-state index < -0.39 is 22.7 Å². The molecule has 1 amide bonds. The van der Waals surface area contributed by atoms with Crippen molar-refractivity contribution in [2.45, 2.75) is 140 Å². The van der Waals surface area contributed by atoms with Crippen molar-refractivity contribution in [2.75, 3.05) is 7.11 Å². The Morgan fingerprint density at radius 2 is 1.51 bits per heavy atom. The Morgan fingerprint density at radius 1 is 0.949 bits per heavy atom. The summed E-state index contributed by atoms with van der Waals surface area (Å²) in [6.45, 7) is 23.2. The maximum atomic E-state index is 13.8. The number of rotatable bonds is 7. The van der Waals surface area contributed by atoms with E-state index >= 15 is 0 Å². The summed E-state index contributed by atoms with van der Waals surface area (Å²) in [5.41, 5.74) is 7.53. The smallest absolute Gasteiger partial charge is 0.240 e. The summed E-state index contributed by atoms with van der Waals surface area (Å²) < 4.78 is 20.0. The summed E-state index contributed by atoms with van der Waals surface area (Å²) in [6.07, 6.45) is 4.36. The van der Waals surface area contributed by atoms with Crippen LogP contribution < -0.4 is 10.5 Å². The van der Waals surface area contributed by atoms with Crippen LogP contribution >= 0.6 is 0 Å². The Bertz CT molecular complexity index is 1050. The van der Waals surface area contributed by atoms with Gasteiger partial charge in [0.15, 0.2) is 16.6 Å². The number of methoxy groups -OCH3 is 1. The minimum absolute atomic E-state index is 0.0576. The van der Waals surface area contributed by atoms with Crippen molar-refractivity contribution in [3.8, 4) is 5.75 Å². The van der Waals surface area contributed by atoms with E-state index in [0.717, 1.165) is 37.9 Å². The highest BCUT2D eigenvalue weighted by atomic mass is 28.4. The van der Waals surface area contributed by atoms with Gasteiger partial charge in [-0.1, -0.05) is 53.7 Å². The molecule has 39 heavy (non-hydrogen) atoms. The van der Waals surface area contributed by atoms with Crippen LogP contribution in [0.2, 0.25) is 36.3 Å². The first-order chi connectivity index (χ1) is 17.8. The van der Waals surface area contributed by atoms with E-state index in [1.54, 1.807) is 7.11 Å². The zero-order valence-corrected chi connectivity index (χ0v) is 28.4. The van der Waals surface area contributed by atoms with Gasteiger partial charge in [0, 0.05) is 11.5 Å². The van der Waals surface area contributed by atoms with Crippen molar-refractivity contribution in [2.24, 2.45) is 11.7 Å². The van der Waals surface area contributed by atoms with Gasteiger partial charge in [0.1, 0.15) is 5.75 Å². The third kappa shape index (κ3) is 5.65. The lowest BCUT2D eigenvalue weighted by Crippen LogP contribution is -2.70. The number of ether oxygens (including phenoxy) is 1. The molecule has 1 spiro atoms. The Labute approximate surface area is 239 Å². The molecule has 6 nitrogen and oxygen atoms in total. The zero-order chi connectivity index (χ0) is 29.2. The average molecular weight is 575 g/mol. The SMILES string of the molecule is COc1ccc(C[C@H]2[C@@H](O[Si](C)(C)C(C)(C)C)[C@H]3C[C@@]4(CC[C@@H]3O[Si](C)(C)C(C)(C)C)C[C@H](N)C(=O)N24)cc1. The zero-order valence-electron chi connectivity index (χ0n) is 26.4. The van der Waals surface area contributed by atoms with Crippen molar-refractivity contribution in [1.29, 1.82) is 0 Å². The second-order valence-corrected chi connectivity index (χ2v) is 25.0. The molecule has 6 atom stereocenters. The Kier molecular flexibility index (Phi) is 8.09. The van der Waals surface area contributed by atoms with Crippen LogP contribution in [0.15, 0.2) is 24.3 Å². The fraction of sp³-hybridized carbons (Fsp3) is 0.774. The first kappa shape index (κ1) is 30.8. The molecule has 1 saturated carbocycles. The van der Waals surface area contributed by atoms with E-state index in [1.165, 1.54) is 5.56 Å². The monoisotopic (exact) mass is 574 g/mol. The quantitative estimate of drug-likeness (QED) is 0.376. The number of carbonyl (C=O) groups excluding carboxylic acids is 1. The van der Waals surface area contributed by atoms with Crippen LogP contribution in [0, 0.1) is 5.92 Å². The van der Waals surface area contributed by atoms with Crippen LogP contribution in [0.5, 0.6) is 5.75 Å². The van der Waals surface area contributed by atoms with Gasteiger partial charge in [-0.05, 0) is 86.1 Å². The maximum Gasteiger partial charge on any atom is 0.240 e. The second kappa shape index (κ2) is 10.3. The summed E-state index contributed by atoms with van der Waals surface area (Å²) in [6, 6.07) is 7.78. The molecule has 4 rings (SSSR count). The minimum Gasteiger partial charge on any atom is -0.497 e. The van der Waals surface area contributed by atoms with Gasteiger partial charge in [-0.25, -0.2) is 0 Å². The van der Waals surface area contributed by atoms with E-state index in [2.05, 4.69) is 84.8 Å². The largest absolute Gasteiger partial charge is 0.497 e. The standard InChI is InChI=1S/C31H54N2O4Si2/c1-29(2,3)38(8,9)36-26-16-17-31-19-23(26)27(37-39(10,11)30(4,5)6)25(33(31)28(34)24(32)20-31)18-21-12-14-22(35-7)15-13-21/h12-15,23-27H,16-20,32H2,1-11H3/t23-,24-,25-,26-,27-,31-/m0/s1. The summed E-state index contributed by atoms with van der Waals surface area (Å²) in [5.74, 6) is 1.17. The normalized spacial score (nSPS) is 31.8. The number of carbonyl (C=O) groups is 1. The third-order valence-corrected chi connectivity index (χ3v) is 19.9. The van der Waals surface area contributed by atoms with Crippen molar-refractivity contribution in [3.05, 3.63) is 29.8 Å². The predicted molar refractivity (Wildman–Crippen MR) is 164 cm³/mol. The number of hydrogen-bond acceptors (Lipinski definition) is 5. The lowest BCUT2D eigenvalue weighted by atomic mass is 9.65. The molecule has 0 unspecified atom stereocenters. The highest BCUT2D eigenvalue weighted by molar-refractivity contribution is 6.74. The lowest BCUT2D eigenvalue weighted by Gasteiger charge is -2.61. The number of fused-ring (bicyclic) bond motifs is 1. The first-order valence-corrected chi connectivity index (χ1v) is 20.7. The summed E-state index contributed by atoms with van der Waals surface area (Å²) >= 11 is 0. The molecule has 2 heterocycles. The van der Waals surface area contributed by atoms with Crippen molar-refractivity contribution >= 4 is 22.5 Å². The highest BCUT2D eigenvalue weighted by Gasteiger charge is 2.63. The molecule has 1 aromatic rings. The molecule has 220 valence electrons. The van der Waals surface area contributed by atoms with Crippen LogP contribution in [0.25, 0.3) is 0 Å². The van der Waals surface area contributed by atoms with Crippen molar-refractivity contribution in [1.82, 2.24) is 4.90 Å². The van der Waals surface area contributed by atoms with Crippen LogP contribution in [0.1, 0.15) is 72.8 Å². The van der Waals surface area contributed by atoms with Gasteiger partial charge >= 0.3 is 0 Å². The topological polar surface area (TPSA) is 74.0 Å². The number of benzene rings is 1. The molecule has 0 radical (unpaired) electrons. The molecular formula is C31H54N2O4Si2. The van der Waals surface area contributed by atoms with Gasteiger partial charge in [0.25, 0.3) is 0 Å². The Hall–Kier alpha value is -1.20. The highest BCUT2D eigenvalue weighted by Crippen LogP contribution is 2.55. The number of amides is 1. The minimum atomic E-state index is -2.17. The van der Waals surface area contributed by atoms with Crippen LogP contribution in [-0.4, -0.2) is 64.4 Å². The van der Waals surface area contributed by atoms with E-state index in [9.17, 15) is 4.79 Å². The lowest BCUT2D eigenvalue weighted by molar-refractivity contribution is -0.163. The number of hydrogen-bond donors (Lipinski definition) is 1. The van der Waals surface area contributed by atoms with E-state index in [0.29, 0.717) is 0 Å². The Balaban J connectivity index is 1.80. The number of nitrogens with two attached hydrogens (primary N) is 1. The van der Waals surface area contributed by atoms with E-state index in [-0.39, 0.29) is 45.7 Å². The van der Waals surface area contributed by atoms with Crippen LogP contribution in [0.4, 0.5) is 0 Å².